The Balaban J connectivity index is 1.67. The van der Waals surface area contributed by atoms with Gasteiger partial charge in [0.15, 0.2) is 10.9 Å². The first-order valence-corrected chi connectivity index (χ1v) is 11.8. The second kappa shape index (κ2) is 9.24. The lowest BCUT2D eigenvalue weighted by Crippen LogP contribution is -2.23. The van der Waals surface area contributed by atoms with Crippen molar-refractivity contribution in [3.8, 4) is 11.3 Å². The number of ketones is 1. The van der Waals surface area contributed by atoms with Crippen molar-refractivity contribution in [3.05, 3.63) is 69.3 Å². The molecular formula is C23H21N3O5S2. The second-order valence-corrected chi connectivity index (χ2v) is 9.03. The van der Waals surface area contributed by atoms with E-state index in [9.17, 15) is 14.4 Å². The molecule has 170 valence electrons. The van der Waals surface area contributed by atoms with Gasteiger partial charge in [-0.15, -0.1) is 17.9 Å². The summed E-state index contributed by atoms with van der Waals surface area (Å²) >= 11 is 2.51. The highest BCUT2D eigenvalue weighted by Gasteiger charge is 2.24. The standard InChI is InChI=1S/C23H21N3O5S2/c1-5-8-26-21(28)18-14(16-7-6-9-31-16)10-32-20(18)25-23(26)33-11-15(27)19-12(2)17(13(3)24-19)22(29)30-4/h5-7,9-10,24H,1,8,11H2,2-4H3. The van der Waals surface area contributed by atoms with E-state index in [4.69, 9.17) is 9.15 Å². The number of aryl methyl sites for hydroxylation is 1. The zero-order valence-corrected chi connectivity index (χ0v) is 19.9. The van der Waals surface area contributed by atoms with E-state index < -0.39 is 5.97 Å². The van der Waals surface area contributed by atoms with E-state index >= 15 is 0 Å². The van der Waals surface area contributed by atoms with Crippen LogP contribution in [0.5, 0.6) is 0 Å². The normalized spacial score (nSPS) is 11.1. The minimum Gasteiger partial charge on any atom is -0.465 e. The Labute approximate surface area is 197 Å². The van der Waals surface area contributed by atoms with E-state index in [1.165, 1.54) is 34.8 Å². The number of allylic oxidation sites excluding steroid dienone is 1. The van der Waals surface area contributed by atoms with Gasteiger partial charge in [0, 0.05) is 23.2 Å². The average molecular weight is 484 g/mol. The number of hydrogen-bond acceptors (Lipinski definition) is 8. The van der Waals surface area contributed by atoms with Crippen LogP contribution in [0.1, 0.15) is 32.1 Å². The average Bonchev–Trinajstić information content (AvgIpc) is 3.53. The quantitative estimate of drug-likeness (QED) is 0.128. The van der Waals surface area contributed by atoms with Crippen LogP contribution in [0.25, 0.3) is 21.5 Å². The molecule has 0 unspecified atom stereocenters. The van der Waals surface area contributed by atoms with Gasteiger partial charge < -0.3 is 14.1 Å². The molecule has 4 aromatic heterocycles. The fraction of sp³-hybridized carbons (Fsp3) is 0.217. The lowest BCUT2D eigenvalue weighted by atomic mass is 10.1. The maximum absolute atomic E-state index is 13.3. The van der Waals surface area contributed by atoms with Crippen molar-refractivity contribution in [3.63, 3.8) is 0 Å². The van der Waals surface area contributed by atoms with Crippen LogP contribution in [0.15, 0.2) is 50.8 Å². The van der Waals surface area contributed by atoms with Crippen molar-refractivity contribution in [1.29, 1.82) is 0 Å². The molecule has 0 aliphatic heterocycles. The molecule has 1 N–H and O–H groups in total. The number of aromatic nitrogens is 3. The number of nitrogens with zero attached hydrogens (tertiary/aromatic N) is 2. The van der Waals surface area contributed by atoms with Crippen LogP contribution in [0.2, 0.25) is 0 Å². The van der Waals surface area contributed by atoms with E-state index in [1.54, 1.807) is 38.3 Å². The molecule has 0 fully saturated rings. The molecule has 0 atom stereocenters. The lowest BCUT2D eigenvalue weighted by Gasteiger charge is -2.10. The van der Waals surface area contributed by atoms with Crippen molar-refractivity contribution in [2.24, 2.45) is 0 Å². The number of nitrogens with one attached hydrogen (secondary N) is 1. The summed E-state index contributed by atoms with van der Waals surface area (Å²) in [5.74, 6) is -0.0741. The molecule has 0 amide bonds. The lowest BCUT2D eigenvalue weighted by molar-refractivity contribution is 0.0599. The Bertz CT molecular complexity index is 1430. The first-order valence-electron chi connectivity index (χ1n) is 9.97. The molecule has 33 heavy (non-hydrogen) atoms. The Morgan fingerprint density at radius 2 is 2.18 bits per heavy atom. The van der Waals surface area contributed by atoms with Crippen LogP contribution in [-0.4, -0.2) is 39.2 Å². The fourth-order valence-corrected chi connectivity index (χ4v) is 5.51. The van der Waals surface area contributed by atoms with Crippen molar-refractivity contribution in [2.45, 2.75) is 25.5 Å². The molecule has 10 heteroatoms. The summed E-state index contributed by atoms with van der Waals surface area (Å²) in [7, 11) is 1.30. The largest absolute Gasteiger partial charge is 0.465 e. The Morgan fingerprint density at radius 3 is 2.85 bits per heavy atom. The van der Waals surface area contributed by atoms with Gasteiger partial charge in [0.25, 0.3) is 5.56 Å². The van der Waals surface area contributed by atoms with E-state index in [2.05, 4.69) is 16.5 Å². The van der Waals surface area contributed by atoms with Crippen LogP contribution in [0.3, 0.4) is 0 Å². The highest BCUT2D eigenvalue weighted by molar-refractivity contribution is 7.99. The zero-order valence-electron chi connectivity index (χ0n) is 18.3. The summed E-state index contributed by atoms with van der Waals surface area (Å²) in [4.78, 5) is 46.5. The number of carbonyl (C=O) groups is 2. The van der Waals surface area contributed by atoms with Gasteiger partial charge in [-0.1, -0.05) is 17.8 Å². The minimum atomic E-state index is -0.495. The van der Waals surface area contributed by atoms with Crippen LogP contribution in [0.4, 0.5) is 0 Å². The smallest absolute Gasteiger partial charge is 0.339 e. The highest BCUT2D eigenvalue weighted by Crippen LogP contribution is 2.32. The van der Waals surface area contributed by atoms with Gasteiger partial charge in [-0.2, -0.15) is 0 Å². The van der Waals surface area contributed by atoms with Crippen LogP contribution >= 0.6 is 23.1 Å². The van der Waals surface area contributed by atoms with Crippen molar-refractivity contribution in [1.82, 2.24) is 14.5 Å². The number of esters is 1. The van der Waals surface area contributed by atoms with Crippen LogP contribution in [0, 0.1) is 13.8 Å². The number of thioether (sulfide) groups is 1. The zero-order chi connectivity index (χ0) is 23.7. The molecule has 0 bridgehead atoms. The van der Waals surface area contributed by atoms with E-state index in [-0.39, 0.29) is 23.6 Å². The molecule has 0 aliphatic rings. The van der Waals surface area contributed by atoms with Gasteiger partial charge in [-0.25, -0.2) is 9.78 Å². The predicted octanol–water partition coefficient (Wildman–Crippen LogP) is 4.61. The molecular weight excluding hydrogens is 462 g/mol. The number of thiophene rings is 1. The number of furan rings is 1. The number of hydrogen-bond donors (Lipinski definition) is 1. The first-order chi connectivity index (χ1) is 15.9. The second-order valence-electron chi connectivity index (χ2n) is 7.23. The number of methoxy groups -OCH3 is 1. The van der Waals surface area contributed by atoms with Crippen LogP contribution in [-0.2, 0) is 11.3 Å². The summed E-state index contributed by atoms with van der Waals surface area (Å²) in [6.07, 6.45) is 3.17. The van der Waals surface area contributed by atoms with Crippen molar-refractivity contribution < 1.29 is 18.7 Å². The van der Waals surface area contributed by atoms with Gasteiger partial charge in [-0.3, -0.25) is 14.2 Å². The molecule has 0 spiro atoms. The predicted molar refractivity (Wildman–Crippen MR) is 128 cm³/mol. The molecule has 8 nitrogen and oxygen atoms in total. The molecule has 0 radical (unpaired) electrons. The number of H-pyrrole nitrogens is 1. The van der Waals surface area contributed by atoms with Gasteiger partial charge in [-0.05, 0) is 31.5 Å². The van der Waals surface area contributed by atoms with Crippen molar-refractivity contribution in [2.75, 3.05) is 12.9 Å². The van der Waals surface area contributed by atoms with E-state index in [1.807, 2.05) is 5.38 Å². The monoisotopic (exact) mass is 483 g/mol. The van der Waals surface area contributed by atoms with E-state index in [0.29, 0.717) is 49.2 Å². The molecule has 0 saturated heterocycles. The third-order valence-corrected chi connectivity index (χ3v) is 7.04. The SMILES string of the molecule is C=CCn1c(SCC(=O)c2[nH]c(C)c(C(=O)OC)c2C)nc2scc(-c3ccco3)c2c1=O. The number of carbonyl (C=O) groups excluding carboxylic acids is 2. The Kier molecular flexibility index (Phi) is 6.39. The highest BCUT2D eigenvalue weighted by atomic mass is 32.2. The Morgan fingerprint density at radius 1 is 1.39 bits per heavy atom. The molecule has 4 aromatic rings. The number of rotatable bonds is 8. The maximum Gasteiger partial charge on any atom is 0.339 e. The fourth-order valence-electron chi connectivity index (χ4n) is 3.66. The molecule has 0 aliphatic carbocycles. The first kappa shape index (κ1) is 22.8. The van der Waals surface area contributed by atoms with Crippen molar-refractivity contribution >= 4 is 45.1 Å². The number of ether oxygens (including phenoxy) is 1. The minimum absolute atomic E-state index is 0.0346. The van der Waals surface area contributed by atoms with Gasteiger partial charge >= 0.3 is 5.97 Å². The number of fused-ring (bicyclic) bond motifs is 1. The molecule has 0 aromatic carbocycles. The Hall–Kier alpha value is -3.37. The third-order valence-electron chi connectivity index (χ3n) is 5.20. The number of aromatic amines is 1. The van der Waals surface area contributed by atoms with Gasteiger partial charge in [0.2, 0.25) is 0 Å². The molecule has 0 saturated carbocycles. The number of Topliss-reactive ketones (excluding diaryl/α,β-unsaturated/α-hetero) is 1. The molecule has 4 rings (SSSR count). The third kappa shape index (κ3) is 4.07. The maximum atomic E-state index is 13.3. The summed E-state index contributed by atoms with van der Waals surface area (Å²) in [5, 5.41) is 2.74. The summed E-state index contributed by atoms with van der Waals surface area (Å²) in [6, 6.07) is 3.56. The van der Waals surface area contributed by atoms with Gasteiger partial charge in [0.05, 0.1) is 35.8 Å². The van der Waals surface area contributed by atoms with E-state index in [0.717, 1.165) is 0 Å². The summed E-state index contributed by atoms with van der Waals surface area (Å²) in [5.41, 5.74) is 2.28. The van der Waals surface area contributed by atoms with Crippen LogP contribution < -0.4 is 5.56 Å². The topological polar surface area (TPSA) is 107 Å². The van der Waals surface area contributed by atoms with Gasteiger partial charge in [0.1, 0.15) is 10.6 Å². The molecule has 4 heterocycles. The summed E-state index contributed by atoms with van der Waals surface area (Å²) < 4.78 is 11.8. The summed E-state index contributed by atoms with van der Waals surface area (Å²) in [6.45, 7) is 7.41.